The van der Waals surface area contributed by atoms with Crippen LogP contribution in [-0.4, -0.2) is 16.8 Å². The molecule has 0 bridgehead atoms. The molecule has 1 heterocycles. The number of rotatable bonds is 1. The van der Waals surface area contributed by atoms with Gasteiger partial charge in [0, 0.05) is 20.3 Å². The van der Waals surface area contributed by atoms with Crippen LogP contribution in [0, 0.1) is 0 Å². The third-order valence-corrected chi connectivity index (χ3v) is 1.33. The van der Waals surface area contributed by atoms with Crippen LogP contribution in [0.15, 0.2) is 6.20 Å². The third kappa shape index (κ3) is 1.16. The van der Waals surface area contributed by atoms with E-state index in [9.17, 15) is 0 Å². The Balaban J connectivity index is 3.01. The topological polar surface area (TPSA) is 29.9 Å². The predicted octanol–water partition coefficient (Wildman–Crippen LogP) is 1.12. The molecular formula is C5H8ClN3. The average molecular weight is 146 g/mol. The molecule has 0 aliphatic rings. The van der Waals surface area contributed by atoms with Crippen LogP contribution in [0.5, 0.6) is 0 Å². The van der Waals surface area contributed by atoms with Gasteiger partial charge in [0.2, 0.25) is 0 Å². The molecule has 1 rings (SSSR count). The number of hydrogen-bond donors (Lipinski definition) is 1. The van der Waals surface area contributed by atoms with E-state index >= 15 is 0 Å². The zero-order chi connectivity index (χ0) is 6.85. The molecular weight excluding hydrogens is 138 g/mol. The van der Waals surface area contributed by atoms with Crippen molar-refractivity contribution < 1.29 is 0 Å². The largest absolute Gasteiger partial charge is 0.384 e. The van der Waals surface area contributed by atoms with E-state index in [1.807, 2.05) is 20.3 Å². The molecule has 0 fully saturated rings. The predicted molar refractivity (Wildman–Crippen MR) is 37.8 cm³/mol. The molecule has 0 atom stereocenters. The zero-order valence-electron chi connectivity index (χ0n) is 5.35. The summed E-state index contributed by atoms with van der Waals surface area (Å²) in [5.74, 6) is 0. The van der Waals surface area contributed by atoms with Crippen molar-refractivity contribution in [3.8, 4) is 0 Å². The lowest BCUT2D eigenvalue weighted by molar-refractivity contribution is 0.768. The fraction of sp³-hybridized carbons (Fsp3) is 0.400. The molecule has 0 aliphatic heterocycles. The molecule has 4 heteroatoms. The van der Waals surface area contributed by atoms with Crippen LogP contribution in [0.3, 0.4) is 0 Å². The summed E-state index contributed by atoms with van der Waals surface area (Å²) >= 11 is 5.65. The molecule has 0 spiro atoms. The first kappa shape index (κ1) is 6.42. The third-order valence-electron chi connectivity index (χ3n) is 1.05. The monoisotopic (exact) mass is 145 g/mol. The minimum absolute atomic E-state index is 0.514. The molecule has 0 aromatic carbocycles. The van der Waals surface area contributed by atoms with Gasteiger partial charge < -0.3 is 5.32 Å². The van der Waals surface area contributed by atoms with Crippen LogP contribution in [0.2, 0.25) is 5.15 Å². The first-order valence-electron chi connectivity index (χ1n) is 2.61. The molecule has 0 amide bonds. The molecule has 1 N–H and O–H groups in total. The van der Waals surface area contributed by atoms with Crippen molar-refractivity contribution >= 4 is 17.3 Å². The quantitative estimate of drug-likeness (QED) is 0.642. The van der Waals surface area contributed by atoms with Crippen molar-refractivity contribution in [3.63, 3.8) is 0 Å². The lowest BCUT2D eigenvalue weighted by atomic mass is 10.6. The average Bonchev–Trinajstić information content (AvgIpc) is 2.10. The molecule has 1 aromatic heterocycles. The van der Waals surface area contributed by atoms with E-state index in [0.29, 0.717) is 5.15 Å². The van der Waals surface area contributed by atoms with Gasteiger partial charge in [0.15, 0.2) is 5.15 Å². The number of nitrogens with one attached hydrogen (secondary N) is 1. The van der Waals surface area contributed by atoms with E-state index in [0.717, 1.165) is 5.69 Å². The second-order valence-electron chi connectivity index (χ2n) is 1.76. The van der Waals surface area contributed by atoms with Crippen molar-refractivity contribution in [2.75, 3.05) is 12.4 Å². The Morgan fingerprint density at radius 2 is 2.44 bits per heavy atom. The highest BCUT2D eigenvalue weighted by molar-refractivity contribution is 6.31. The van der Waals surface area contributed by atoms with E-state index in [1.54, 1.807) is 4.68 Å². The van der Waals surface area contributed by atoms with Crippen molar-refractivity contribution in [1.29, 1.82) is 0 Å². The van der Waals surface area contributed by atoms with E-state index in [1.165, 1.54) is 0 Å². The Kier molecular flexibility index (Phi) is 1.62. The maximum atomic E-state index is 5.65. The van der Waals surface area contributed by atoms with Crippen molar-refractivity contribution in [2.24, 2.45) is 7.05 Å². The number of aromatic nitrogens is 2. The summed E-state index contributed by atoms with van der Waals surface area (Å²) in [4.78, 5) is 0. The lowest BCUT2D eigenvalue weighted by Crippen LogP contribution is -1.85. The molecule has 0 unspecified atom stereocenters. The van der Waals surface area contributed by atoms with Gasteiger partial charge in [-0.1, -0.05) is 11.6 Å². The van der Waals surface area contributed by atoms with Gasteiger partial charge in [0.25, 0.3) is 0 Å². The molecule has 50 valence electrons. The van der Waals surface area contributed by atoms with Gasteiger partial charge in [0.1, 0.15) is 0 Å². The molecule has 1 aromatic rings. The van der Waals surface area contributed by atoms with Crippen molar-refractivity contribution in [1.82, 2.24) is 9.78 Å². The second kappa shape index (κ2) is 2.27. The highest BCUT2D eigenvalue weighted by atomic mass is 35.5. The summed E-state index contributed by atoms with van der Waals surface area (Å²) in [6.07, 6.45) is 1.82. The van der Waals surface area contributed by atoms with Crippen LogP contribution in [0.4, 0.5) is 5.69 Å². The van der Waals surface area contributed by atoms with Crippen LogP contribution in [0.25, 0.3) is 0 Å². The fourth-order valence-electron chi connectivity index (χ4n) is 0.629. The van der Waals surface area contributed by atoms with Gasteiger partial charge in [0.05, 0.1) is 5.69 Å². The Morgan fingerprint density at radius 3 is 2.67 bits per heavy atom. The number of halogens is 1. The number of aryl methyl sites for hydroxylation is 1. The number of nitrogens with zero attached hydrogens (tertiary/aromatic N) is 2. The maximum Gasteiger partial charge on any atom is 0.174 e. The number of hydrogen-bond acceptors (Lipinski definition) is 2. The minimum Gasteiger partial charge on any atom is -0.384 e. The van der Waals surface area contributed by atoms with Crippen LogP contribution in [-0.2, 0) is 7.05 Å². The molecule has 0 aliphatic carbocycles. The highest BCUT2D eigenvalue weighted by Crippen LogP contribution is 2.16. The maximum absolute atomic E-state index is 5.65. The van der Waals surface area contributed by atoms with Crippen molar-refractivity contribution in [2.45, 2.75) is 0 Å². The lowest BCUT2D eigenvalue weighted by Gasteiger charge is -1.89. The van der Waals surface area contributed by atoms with Gasteiger partial charge in [-0.15, -0.1) is 0 Å². The minimum atomic E-state index is 0.514. The Hall–Kier alpha value is -0.700. The van der Waals surface area contributed by atoms with Crippen LogP contribution >= 0.6 is 11.6 Å². The summed E-state index contributed by atoms with van der Waals surface area (Å²) in [5.41, 5.74) is 0.860. The standard InChI is InChI=1S/C5H8ClN3/c1-7-4-3-9(2)8-5(4)6/h3,7H,1-2H3. The Morgan fingerprint density at radius 1 is 1.78 bits per heavy atom. The Labute approximate surface area is 58.6 Å². The molecule has 0 saturated heterocycles. The summed E-state index contributed by atoms with van der Waals surface area (Å²) in [5, 5.41) is 7.32. The molecule has 0 saturated carbocycles. The fourth-order valence-corrected chi connectivity index (χ4v) is 0.892. The normalized spacial score (nSPS) is 9.67. The SMILES string of the molecule is CNc1cn(C)nc1Cl. The summed E-state index contributed by atoms with van der Waals surface area (Å²) in [7, 11) is 3.63. The summed E-state index contributed by atoms with van der Waals surface area (Å²) in [6, 6.07) is 0. The summed E-state index contributed by atoms with van der Waals surface area (Å²) < 4.78 is 1.66. The van der Waals surface area contributed by atoms with Crippen LogP contribution in [0.1, 0.15) is 0 Å². The van der Waals surface area contributed by atoms with Gasteiger partial charge >= 0.3 is 0 Å². The van der Waals surface area contributed by atoms with Gasteiger partial charge in [-0.25, -0.2) is 0 Å². The van der Waals surface area contributed by atoms with Gasteiger partial charge in [-0.2, -0.15) is 5.10 Å². The van der Waals surface area contributed by atoms with E-state index in [4.69, 9.17) is 11.6 Å². The molecule has 0 radical (unpaired) electrons. The zero-order valence-corrected chi connectivity index (χ0v) is 6.11. The first-order valence-corrected chi connectivity index (χ1v) is 2.98. The van der Waals surface area contributed by atoms with Crippen LogP contribution < -0.4 is 5.32 Å². The van der Waals surface area contributed by atoms with Crippen molar-refractivity contribution in [3.05, 3.63) is 11.3 Å². The second-order valence-corrected chi connectivity index (χ2v) is 2.12. The summed E-state index contributed by atoms with van der Waals surface area (Å²) in [6.45, 7) is 0. The van der Waals surface area contributed by atoms with E-state index in [-0.39, 0.29) is 0 Å². The van der Waals surface area contributed by atoms with Gasteiger partial charge in [-0.3, -0.25) is 4.68 Å². The van der Waals surface area contributed by atoms with Gasteiger partial charge in [-0.05, 0) is 0 Å². The van der Waals surface area contributed by atoms with E-state index < -0.39 is 0 Å². The van der Waals surface area contributed by atoms with E-state index in [2.05, 4.69) is 10.4 Å². The highest BCUT2D eigenvalue weighted by Gasteiger charge is 1.99. The number of anilines is 1. The Bertz CT molecular complexity index is 206. The first-order chi connectivity index (χ1) is 4.24. The molecule has 3 nitrogen and oxygen atoms in total. The smallest absolute Gasteiger partial charge is 0.174 e. The molecule has 9 heavy (non-hydrogen) atoms.